The SMILES string of the molecule is CCC(C)CN(C)C(=O)c1sc2cc(C)ccc2c1N. The van der Waals surface area contributed by atoms with Crippen molar-refractivity contribution in [2.45, 2.75) is 27.2 Å². The Labute approximate surface area is 124 Å². The summed E-state index contributed by atoms with van der Waals surface area (Å²) >= 11 is 1.49. The first-order valence-corrected chi connectivity index (χ1v) is 7.79. The van der Waals surface area contributed by atoms with Crippen LogP contribution in [-0.4, -0.2) is 24.4 Å². The number of aryl methyl sites for hydroxylation is 1. The van der Waals surface area contributed by atoms with Gasteiger partial charge in [0, 0.05) is 23.7 Å². The van der Waals surface area contributed by atoms with Crippen molar-refractivity contribution < 1.29 is 4.79 Å². The Bertz CT molecular complexity index is 633. The summed E-state index contributed by atoms with van der Waals surface area (Å²) in [5, 5.41) is 0.987. The molecule has 2 rings (SSSR count). The summed E-state index contributed by atoms with van der Waals surface area (Å²) in [7, 11) is 1.85. The molecular formula is C16H22N2OS. The third-order valence-electron chi connectivity index (χ3n) is 3.71. The van der Waals surface area contributed by atoms with E-state index in [0.29, 0.717) is 16.5 Å². The zero-order valence-electron chi connectivity index (χ0n) is 12.6. The lowest BCUT2D eigenvalue weighted by atomic mass is 10.1. The number of hydrogen-bond acceptors (Lipinski definition) is 3. The van der Waals surface area contributed by atoms with E-state index in [1.807, 2.05) is 26.1 Å². The van der Waals surface area contributed by atoms with Crippen LogP contribution in [0.15, 0.2) is 18.2 Å². The normalized spacial score (nSPS) is 12.6. The van der Waals surface area contributed by atoms with Gasteiger partial charge in [-0.05, 0) is 24.5 Å². The lowest BCUT2D eigenvalue weighted by Crippen LogP contribution is -2.30. The molecular weight excluding hydrogens is 268 g/mol. The number of hydrogen-bond donors (Lipinski definition) is 1. The first kappa shape index (κ1) is 14.9. The summed E-state index contributed by atoms with van der Waals surface area (Å²) in [5.74, 6) is 0.531. The van der Waals surface area contributed by atoms with E-state index in [1.54, 1.807) is 4.90 Å². The van der Waals surface area contributed by atoms with Gasteiger partial charge in [0.15, 0.2) is 0 Å². The highest BCUT2D eigenvalue weighted by Gasteiger charge is 2.20. The predicted octanol–water partition coefficient (Wildman–Crippen LogP) is 3.91. The molecule has 0 fully saturated rings. The molecule has 4 heteroatoms. The number of rotatable bonds is 4. The molecule has 108 valence electrons. The number of fused-ring (bicyclic) bond motifs is 1. The van der Waals surface area contributed by atoms with E-state index >= 15 is 0 Å². The fourth-order valence-corrected chi connectivity index (χ4v) is 3.45. The van der Waals surface area contributed by atoms with Crippen molar-refractivity contribution in [3.63, 3.8) is 0 Å². The van der Waals surface area contributed by atoms with Crippen molar-refractivity contribution >= 4 is 33.0 Å². The molecule has 1 unspecified atom stereocenters. The van der Waals surface area contributed by atoms with Crippen LogP contribution in [0.1, 0.15) is 35.5 Å². The van der Waals surface area contributed by atoms with E-state index in [-0.39, 0.29) is 5.91 Å². The number of nitrogens with two attached hydrogens (primary N) is 1. The van der Waals surface area contributed by atoms with Crippen LogP contribution >= 0.6 is 11.3 Å². The topological polar surface area (TPSA) is 46.3 Å². The number of thiophene rings is 1. The van der Waals surface area contributed by atoms with Gasteiger partial charge in [0.1, 0.15) is 4.88 Å². The van der Waals surface area contributed by atoms with Gasteiger partial charge in [0.25, 0.3) is 5.91 Å². The van der Waals surface area contributed by atoms with Crippen LogP contribution in [0, 0.1) is 12.8 Å². The van der Waals surface area contributed by atoms with Gasteiger partial charge >= 0.3 is 0 Å². The molecule has 20 heavy (non-hydrogen) atoms. The Kier molecular flexibility index (Phi) is 4.33. The molecule has 1 heterocycles. The lowest BCUT2D eigenvalue weighted by molar-refractivity contribution is 0.0780. The Morgan fingerprint density at radius 2 is 2.15 bits per heavy atom. The molecule has 3 nitrogen and oxygen atoms in total. The van der Waals surface area contributed by atoms with E-state index in [1.165, 1.54) is 16.9 Å². The Morgan fingerprint density at radius 1 is 1.45 bits per heavy atom. The Hall–Kier alpha value is -1.55. The second kappa shape index (κ2) is 5.83. The minimum atomic E-state index is 0.0293. The van der Waals surface area contributed by atoms with Crippen LogP contribution < -0.4 is 5.73 Å². The smallest absolute Gasteiger partial charge is 0.265 e. The van der Waals surface area contributed by atoms with E-state index in [0.717, 1.165) is 23.1 Å². The van der Waals surface area contributed by atoms with E-state index in [4.69, 9.17) is 5.73 Å². The first-order valence-electron chi connectivity index (χ1n) is 6.98. The summed E-state index contributed by atoms with van der Waals surface area (Å²) in [6.07, 6.45) is 1.07. The van der Waals surface area contributed by atoms with Gasteiger partial charge in [0.05, 0.1) is 5.69 Å². The van der Waals surface area contributed by atoms with Crippen LogP contribution in [0.3, 0.4) is 0 Å². The molecule has 2 aromatic rings. The highest BCUT2D eigenvalue weighted by molar-refractivity contribution is 7.21. The monoisotopic (exact) mass is 290 g/mol. The largest absolute Gasteiger partial charge is 0.397 e. The quantitative estimate of drug-likeness (QED) is 0.928. The van der Waals surface area contributed by atoms with E-state index < -0.39 is 0 Å². The fraction of sp³-hybridized carbons (Fsp3) is 0.438. The van der Waals surface area contributed by atoms with Gasteiger partial charge in [-0.25, -0.2) is 0 Å². The van der Waals surface area contributed by atoms with Crippen molar-refractivity contribution in [2.24, 2.45) is 5.92 Å². The number of benzene rings is 1. The minimum Gasteiger partial charge on any atom is -0.397 e. The van der Waals surface area contributed by atoms with Crippen LogP contribution in [0.4, 0.5) is 5.69 Å². The zero-order valence-corrected chi connectivity index (χ0v) is 13.4. The third-order valence-corrected chi connectivity index (χ3v) is 4.86. The van der Waals surface area contributed by atoms with Crippen molar-refractivity contribution in [2.75, 3.05) is 19.3 Å². The van der Waals surface area contributed by atoms with Crippen LogP contribution in [-0.2, 0) is 0 Å². The summed E-state index contributed by atoms with van der Waals surface area (Å²) in [4.78, 5) is 15.0. The standard InChI is InChI=1S/C16H22N2OS/c1-5-10(2)9-18(4)16(19)15-14(17)12-7-6-11(3)8-13(12)20-15/h6-8,10H,5,9,17H2,1-4H3. The fourth-order valence-electron chi connectivity index (χ4n) is 2.24. The first-order chi connectivity index (χ1) is 9.43. The van der Waals surface area contributed by atoms with Gasteiger partial charge in [-0.15, -0.1) is 11.3 Å². The maximum Gasteiger partial charge on any atom is 0.265 e. The number of nitrogen functional groups attached to an aromatic ring is 1. The zero-order chi connectivity index (χ0) is 14.9. The summed E-state index contributed by atoms with van der Waals surface area (Å²) < 4.78 is 1.09. The number of nitrogens with zero attached hydrogens (tertiary/aromatic N) is 1. The molecule has 0 aliphatic carbocycles. The molecule has 0 spiro atoms. The van der Waals surface area contributed by atoms with E-state index in [2.05, 4.69) is 19.9 Å². The Morgan fingerprint density at radius 3 is 2.80 bits per heavy atom. The molecule has 1 aromatic heterocycles. The molecule has 0 bridgehead atoms. The second-order valence-corrected chi connectivity index (χ2v) is 6.60. The molecule has 1 amide bonds. The summed E-state index contributed by atoms with van der Waals surface area (Å²) in [6, 6.07) is 6.12. The van der Waals surface area contributed by atoms with Gasteiger partial charge < -0.3 is 10.6 Å². The predicted molar refractivity (Wildman–Crippen MR) is 87.4 cm³/mol. The van der Waals surface area contributed by atoms with Crippen molar-refractivity contribution in [3.8, 4) is 0 Å². The van der Waals surface area contributed by atoms with Gasteiger partial charge in [0.2, 0.25) is 0 Å². The van der Waals surface area contributed by atoms with Crippen LogP contribution in [0.2, 0.25) is 0 Å². The molecule has 1 atom stereocenters. The maximum absolute atomic E-state index is 12.5. The molecule has 2 N–H and O–H groups in total. The van der Waals surface area contributed by atoms with E-state index in [9.17, 15) is 4.79 Å². The number of carbonyl (C=O) groups is 1. The highest BCUT2D eigenvalue weighted by Crippen LogP contribution is 2.34. The minimum absolute atomic E-state index is 0.0293. The molecule has 0 aliphatic heterocycles. The third kappa shape index (κ3) is 2.80. The molecule has 0 radical (unpaired) electrons. The van der Waals surface area contributed by atoms with Gasteiger partial charge in [-0.1, -0.05) is 32.4 Å². The van der Waals surface area contributed by atoms with Crippen LogP contribution in [0.25, 0.3) is 10.1 Å². The van der Waals surface area contributed by atoms with Gasteiger partial charge in [-0.2, -0.15) is 0 Å². The molecule has 0 saturated heterocycles. The number of anilines is 1. The number of carbonyl (C=O) groups excluding carboxylic acids is 1. The summed E-state index contributed by atoms with van der Waals surface area (Å²) in [6.45, 7) is 7.11. The Balaban J connectivity index is 2.32. The highest BCUT2D eigenvalue weighted by atomic mass is 32.1. The average molecular weight is 290 g/mol. The maximum atomic E-state index is 12.5. The van der Waals surface area contributed by atoms with Crippen molar-refractivity contribution in [3.05, 3.63) is 28.6 Å². The average Bonchev–Trinajstić information content (AvgIpc) is 2.74. The molecule has 1 aromatic carbocycles. The van der Waals surface area contributed by atoms with Crippen molar-refractivity contribution in [1.29, 1.82) is 0 Å². The number of amides is 1. The molecule has 0 aliphatic rings. The van der Waals surface area contributed by atoms with Gasteiger partial charge in [-0.3, -0.25) is 4.79 Å². The summed E-state index contributed by atoms with van der Waals surface area (Å²) in [5.41, 5.74) is 7.96. The van der Waals surface area contributed by atoms with Crippen LogP contribution in [0.5, 0.6) is 0 Å². The second-order valence-electron chi connectivity index (χ2n) is 5.54. The lowest BCUT2D eigenvalue weighted by Gasteiger charge is -2.20. The van der Waals surface area contributed by atoms with Crippen molar-refractivity contribution in [1.82, 2.24) is 4.90 Å². The molecule has 0 saturated carbocycles.